The summed E-state index contributed by atoms with van der Waals surface area (Å²) in [6.07, 6.45) is 0. The van der Waals surface area contributed by atoms with Gasteiger partial charge in [0.25, 0.3) is 0 Å². The molecular weight excluding hydrogens is 402 g/mol. The number of sulfonamides is 1. The number of carbonyl (C=O) groups excluding carboxylic acids is 1. The number of benzene rings is 2. The summed E-state index contributed by atoms with van der Waals surface area (Å²) in [5, 5.41) is 2.81. The lowest BCUT2D eigenvalue weighted by molar-refractivity contribution is -0.121. The van der Waals surface area contributed by atoms with Crippen molar-refractivity contribution in [3.63, 3.8) is 0 Å². The Hall–Kier alpha value is -2.26. The summed E-state index contributed by atoms with van der Waals surface area (Å²) in [6.45, 7) is 6.22. The fourth-order valence-corrected chi connectivity index (χ4v) is 4.42. The molecular formula is C22H29N3O4S. The number of rotatable bonds is 8. The molecule has 0 radical (unpaired) electrons. The number of amides is 1. The summed E-state index contributed by atoms with van der Waals surface area (Å²) in [4.78, 5) is 14.8. The Morgan fingerprint density at radius 3 is 2.47 bits per heavy atom. The average Bonchev–Trinajstić information content (AvgIpc) is 2.73. The Labute approximate surface area is 178 Å². The maximum atomic E-state index is 12.6. The standard InChI is InChI=1S/C22H29N3O4S/c1-18-6-8-21(9-7-18)30(27,28)24(2)17-22(26)23-15-19-4-3-5-20(14-19)16-25-10-12-29-13-11-25/h3-9,14H,10-13,15-17H2,1-2H3,(H,23,26). The van der Waals surface area contributed by atoms with Crippen molar-refractivity contribution < 1.29 is 17.9 Å². The number of hydrogen-bond acceptors (Lipinski definition) is 5. The summed E-state index contributed by atoms with van der Waals surface area (Å²) in [5.41, 5.74) is 3.14. The second-order valence-electron chi connectivity index (χ2n) is 7.56. The minimum absolute atomic E-state index is 0.180. The van der Waals surface area contributed by atoms with Crippen LogP contribution >= 0.6 is 0 Å². The third kappa shape index (κ3) is 6.12. The molecule has 1 amide bonds. The van der Waals surface area contributed by atoms with Crippen molar-refractivity contribution in [1.82, 2.24) is 14.5 Å². The van der Waals surface area contributed by atoms with E-state index in [1.54, 1.807) is 24.3 Å². The maximum Gasteiger partial charge on any atom is 0.243 e. The number of hydrogen-bond donors (Lipinski definition) is 1. The second-order valence-corrected chi connectivity index (χ2v) is 9.60. The highest BCUT2D eigenvalue weighted by Gasteiger charge is 2.22. The highest BCUT2D eigenvalue weighted by Crippen LogP contribution is 2.15. The largest absolute Gasteiger partial charge is 0.379 e. The lowest BCUT2D eigenvalue weighted by Gasteiger charge is -2.26. The van der Waals surface area contributed by atoms with Crippen LogP contribution in [0.4, 0.5) is 0 Å². The van der Waals surface area contributed by atoms with E-state index in [1.165, 1.54) is 12.6 Å². The van der Waals surface area contributed by atoms with Crippen LogP contribution in [-0.2, 0) is 32.6 Å². The smallest absolute Gasteiger partial charge is 0.243 e. The predicted molar refractivity (Wildman–Crippen MR) is 115 cm³/mol. The normalized spacial score (nSPS) is 15.3. The van der Waals surface area contributed by atoms with Crippen LogP contribution < -0.4 is 5.32 Å². The first-order valence-electron chi connectivity index (χ1n) is 10.0. The van der Waals surface area contributed by atoms with E-state index in [0.717, 1.165) is 48.3 Å². The van der Waals surface area contributed by atoms with Crippen molar-refractivity contribution >= 4 is 15.9 Å². The van der Waals surface area contributed by atoms with Crippen molar-refractivity contribution in [2.75, 3.05) is 39.9 Å². The molecule has 30 heavy (non-hydrogen) atoms. The topological polar surface area (TPSA) is 79.0 Å². The molecule has 1 saturated heterocycles. The number of nitrogens with one attached hydrogen (secondary N) is 1. The molecule has 7 nitrogen and oxygen atoms in total. The summed E-state index contributed by atoms with van der Waals surface area (Å²) < 4.78 is 31.7. The minimum atomic E-state index is -3.70. The van der Waals surface area contributed by atoms with Gasteiger partial charge in [0.15, 0.2) is 0 Å². The molecule has 1 heterocycles. The van der Waals surface area contributed by atoms with Crippen molar-refractivity contribution in [3.8, 4) is 0 Å². The van der Waals surface area contributed by atoms with E-state index < -0.39 is 10.0 Å². The molecule has 1 N–H and O–H groups in total. The number of ether oxygens (including phenoxy) is 1. The Balaban J connectivity index is 1.52. The molecule has 1 aliphatic heterocycles. The van der Waals surface area contributed by atoms with Crippen LogP contribution in [0.15, 0.2) is 53.4 Å². The molecule has 0 atom stereocenters. The van der Waals surface area contributed by atoms with Gasteiger partial charge in [-0.1, -0.05) is 42.0 Å². The molecule has 0 saturated carbocycles. The highest BCUT2D eigenvalue weighted by atomic mass is 32.2. The molecule has 8 heteroatoms. The van der Waals surface area contributed by atoms with Gasteiger partial charge in [-0.25, -0.2) is 8.42 Å². The van der Waals surface area contributed by atoms with Crippen LogP contribution in [-0.4, -0.2) is 63.4 Å². The lowest BCUT2D eigenvalue weighted by atomic mass is 10.1. The number of morpholine rings is 1. The Morgan fingerprint density at radius 1 is 1.10 bits per heavy atom. The van der Waals surface area contributed by atoms with Crippen LogP contribution in [0, 0.1) is 6.92 Å². The summed E-state index contributed by atoms with van der Waals surface area (Å²) >= 11 is 0. The van der Waals surface area contributed by atoms with Crippen LogP contribution in [0.2, 0.25) is 0 Å². The van der Waals surface area contributed by atoms with Crippen molar-refractivity contribution in [2.45, 2.75) is 24.9 Å². The van der Waals surface area contributed by atoms with Gasteiger partial charge in [0.2, 0.25) is 15.9 Å². The van der Waals surface area contributed by atoms with Gasteiger partial charge in [-0.2, -0.15) is 4.31 Å². The number of aryl methyl sites for hydroxylation is 1. The van der Waals surface area contributed by atoms with E-state index in [9.17, 15) is 13.2 Å². The molecule has 0 aromatic heterocycles. The summed E-state index contributed by atoms with van der Waals surface area (Å²) in [5.74, 6) is -0.341. The van der Waals surface area contributed by atoms with Crippen molar-refractivity contribution in [2.24, 2.45) is 0 Å². The first kappa shape index (κ1) is 22.4. The molecule has 0 aliphatic carbocycles. The lowest BCUT2D eigenvalue weighted by Crippen LogP contribution is -2.38. The monoisotopic (exact) mass is 431 g/mol. The van der Waals surface area contributed by atoms with Crippen LogP contribution in [0.5, 0.6) is 0 Å². The summed E-state index contributed by atoms with van der Waals surface area (Å²) in [6, 6.07) is 14.7. The van der Waals surface area contributed by atoms with Gasteiger partial charge in [-0.15, -0.1) is 0 Å². The number of nitrogens with zero attached hydrogens (tertiary/aromatic N) is 2. The van der Waals surface area contributed by atoms with Crippen LogP contribution in [0.25, 0.3) is 0 Å². The van der Waals surface area contributed by atoms with Crippen molar-refractivity contribution in [3.05, 3.63) is 65.2 Å². The van der Waals surface area contributed by atoms with E-state index in [1.807, 2.05) is 19.1 Å². The first-order valence-corrected chi connectivity index (χ1v) is 11.5. The summed E-state index contributed by atoms with van der Waals surface area (Å²) in [7, 11) is -2.29. The third-order valence-corrected chi connectivity index (χ3v) is 6.90. The zero-order chi connectivity index (χ0) is 21.6. The van der Waals surface area contributed by atoms with Gasteiger partial charge >= 0.3 is 0 Å². The zero-order valence-corrected chi connectivity index (χ0v) is 18.3. The average molecular weight is 432 g/mol. The van der Waals surface area contributed by atoms with E-state index in [2.05, 4.69) is 22.3 Å². The quantitative estimate of drug-likeness (QED) is 0.689. The van der Waals surface area contributed by atoms with Crippen LogP contribution in [0.3, 0.4) is 0 Å². The molecule has 2 aromatic rings. The molecule has 1 fully saturated rings. The van der Waals surface area contributed by atoms with E-state index in [-0.39, 0.29) is 17.3 Å². The maximum absolute atomic E-state index is 12.6. The predicted octanol–water partition coefficient (Wildman–Crippen LogP) is 1.76. The minimum Gasteiger partial charge on any atom is -0.379 e. The van der Waals surface area contributed by atoms with E-state index in [4.69, 9.17) is 4.74 Å². The highest BCUT2D eigenvalue weighted by molar-refractivity contribution is 7.89. The fraction of sp³-hybridized carbons (Fsp3) is 0.409. The van der Waals surface area contributed by atoms with Crippen LogP contribution in [0.1, 0.15) is 16.7 Å². The van der Waals surface area contributed by atoms with Gasteiger partial charge < -0.3 is 10.1 Å². The number of likely N-dealkylation sites (N-methyl/N-ethyl adjacent to an activating group) is 1. The Morgan fingerprint density at radius 2 is 1.77 bits per heavy atom. The Bertz CT molecular complexity index is 955. The van der Waals surface area contributed by atoms with Gasteiger partial charge in [0.05, 0.1) is 24.7 Å². The fourth-order valence-electron chi connectivity index (χ4n) is 3.29. The van der Waals surface area contributed by atoms with Gasteiger partial charge in [-0.3, -0.25) is 9.69 Å². The zero-order valence-electron chi connectivity index (χ0n) is 17.5. The SMILES string of the molecule is Cc1ccc(S(=O)(=O)N(C)CC(=O)NCc2cccc(CN3CCOCC3)c2)cc1. The van der Waals surface area contributed by atoms with E-state index in [0.29, 0.717) is 6.54 Å². The third-order valence-electron chi connectivity index (χ3n) is 5.09. The molecule has 0 bridgehead atoms. The molecule has 2 aromatic carbocycles. The molecule has 162 valence electrons. The Kier molecular flexibility index (Phi) is 7.60. The van der Waals surface area contributed by atoms with E-state index >= 15 is 0 Å². The van der Waals surface area contributed by atoms with Gasteiger partial charge in [-0.05, 0) is 30.2 Å². The first-order chi connectivity index (χ1) is 14.3. The van der Waals surface area contributed by atoms with Gasteiger partial charge in [0.1, 0.15) is 0 Å². The van der Waals surface area contributed by atoms with Gasteiger partial charge in [0, 0.05) is 33.2 Å². The number of carbonyl (C=O) groups is 1. The molecule has 3 rings (SSSR count). The second kappa shape index (κ2) is 10.2. The molecule has 0 spiro atoms. The van der Waals surface area contributed by atoms with Crippen molar-refractivity contribution in [1.29, 1.82) is 0 Å². The molecule has 1 aliphatic rings. The molecule has 0 unspecified atom stereocenters.